The first-order valence-corrected chi connectivity index (χ1v) is 12.3. The summed E-state index contributed by atoms with van der Waals surface area (Å²) in [6.07, 6.45) is -3.45. The highest BCUT2D eigenvalue weighted by Gasteiger charge is 2.32. The minimum atomic E-state index is -4.44. The highest BCUT2D eigenvalue weighted by molar-refractivity contribution is 5.81. The molecule has 5 nitrogen and oxygen atoms in total. The van der Waals surface area contributed by atoms with Gasteiger partial charge in [0.25, 0.3) is 0 Å². The molecule has 4 atom stereocenters. The molecule has 0 heterocycles. The van der Waals surface area contributed by atoms with Gasteiger partial charge in [-0.15, -0.1) is 6.58 Å². The second-order valence-corrected chi connectivity index (χ2v) is 10.3. The Morgan fingerprint density at radius 3 is 1.97 bits per heavy atom. The van der Waals surface area contributed by atoms with Crippen molar-refractivity contribution in [1.29, 1.82) is 0 Å². The van der Waals surface area contributed by atoms with Crippen LogP contribution in [-0.4, -0.2) is 29.8 Å². The number of halogens is 4. The maximum Gasteiger partial charge on any atom is 0.416 e. The van der Waals surface area contributed by atoms with Crippen molar-refractivity contribution in [2.24, 2.45) is 11.8 Å². The first-order valence-electron chi connectivity index (χ1n) is 12.3. The fourth-order valence-corrected chi connectivity index (χ4v) is 3.99. The van der Waals surface area contributed by atoms with Crippen molar-refractivity contribution in [2.45, 2.75) is 71.4 Å². The molecule has 208 valence electrons. The molecule has 0 aromatic heterocycles. The molecule has 0 saturated carbocycles. The summed E-state index contributed by atoms with van der Waals surface area (Å²) in [5, 5.41) is 2.45. The average molecular weight is 538 g/mol. The van der Waals surface area contributed by atoms with Crippen LogP contribution < -0.4 is 5.32 Å². The monoisotopic (exact) mass is 537 g/mol. The molecule has 0 aliphatic rings. The van der Waals surface area contributed by atoms with E-state index in [2.05, 4.69) is 11.9 Å². The van der Waals surface area contributed by atoms with Crippen LogP contribution in [0.1, 0.15) is 51.3 Å². The normalized spacial score (nSPS) is 15.1. The van der Waals surface area contributed by atoms with Gasteiger partial charge in [0.05, 0.1) is 5.56 Å². The zero-order valence-corrected chi connectivity index (χ0v) is 22.3. The number of allylic oxidation sites excluding steroid dienone is 1. The lowest BCUT2D eigenvalue weighted by Gasteiger charge is -2.31. The van der Waals surface area contributed by atoms with Crippen molar-refractivity contribution in [2.75, 3.05) is 0 Å². The van der Waals surface area contributed by atoms with Gasteiger partial charge in [0.15, 0.2) is 0 Å². The van der Waals surface area contributed by atoms with Crippen LogP contribution in [0.3, 0.4) is 0 Å². The number of alkyl carbamates (subject to hydrolysis) is 1. The molecular formula is C29H35F4NO4. The number of rotatable bonds is 10. The van der Waals surface area contributed by atoms with Gasteiger partial charge in [-0.05, 0) is 88.8 Å². The van der Waals surface area contributed by atoms with E-state index in [1.165, 1.54) is 31.2 Å². The number of esters is 1. The summed E-state index contributed by atoms with van der Waals surface area (Å²) in [6.45, 7) is 12.2. The molecule has 1 N–H and O–H groups in total. The van der Waals surface area contributed by atoms with E-state index in [4.69, 9.17) is 9.47 Å². The Morgan fingerprint density at radius 2 is 1.47 bits per heavy atom. The molecule has 0 saturated heterocycles. The highest BCUT2D eigenvalue weighted by Crippen LogP contribution is 2.31. The Bertz CT molecular complexity index is 1080. The quantitative estimate of drug-likeness (QED) is 0.204. The van der Waals surface area contributed by atoms with Crippen LogP contribution in [0, 0.1) is 17.7 Å². The Labute approximate surface area is 221 Å². The van der Waals surface area contributed by atoms with Crippen LogP contribution in [0.2, 0.25) is 0 Å². The van der Waals surface area contributed by atoms with Crippen LogP contribution in [-0.2, 0) is 33.3 Å². The third-order valence-electron chi connectivity index (χ3n) is 5.98. The van der Waals surface area contributed by atoms with Crippen molar-refractivity contribution in [3.63, 3.8) is 0 Å². The molecule has 2 aromatic carbocycles. The van der Waals surface area contributed by atoms with Crippen molar-refractivity contribution < 1.29 is 36.6 Å². The lowest BCUT2D eigenvalue weighted by Crippen LogP contribution is -2.44. The first kappa shape index (κ1) is 30.9. The van der Waals surface area contributed by atoms with E-state index < -0.39 is 47.4 Å². The zero-order valence-electron chi connectivity index (χ0n) is 22.3. The third-order valence-corrected chi connectivity index (χ3v) is 5.98. The van der Waals surface area contributed by atoms with Gasteiger partial charge in [-0.2, -0.15) is 13.2 Å². The smallest absolute Gasteiger partial charge is 0.416 e. The number of ether oxygens (including phenoxy) is 2. The highest BCUT2D eigenvalue weighted by atomic mass is 19.4. The molecule has 0 radical (unpaired) electrons. The molecule has 0 unspecified atom stereocenters. The van der Waals surface area contributed by atoms with Crippen LogP contribution >= 0.6 is 0 Å². The molecule has 0 aliphatic heterocycles. The maximum atomic E-state index is 13.5. The summed E-state index contributed by atoms with van der Waals surface area (Å²) < 4.78 is 63.3. The van der Waals surface area contributed by atoms with Crippen LogP contribution in [0.15, 0.2) is 61.2 Å². The Balaban J connectivity index is 2.21. The van der Waals surface area contributed by atoms with E-state index in [-0.39, 0.29) is 11.8 Å². The number of hydrogen-bond acceptors (Lipinski definition) is 4. The number of carbonyl (C=O) groups is 2. The molecule has 0 aliphatic carbocycles. The maximum absolute atomic E-state index is 13.5. The number of amides is 1. The summed E-state index contributed by atoms with van der Waals surface area (Å²) in [4.78, 5) is 24.8. The van der Waals surface area contributed by atoms with Crippen molar-refractivity contribution in [1.82, 2.24) is 5.32 Å². The second kappa shape index (κ2) is 12.9. The third kappa shape index (κ3) is 9.84. The number of hydrogen-bond donors (Lipinski definition) is 1. The predicted molar refractivity (Wildman–Crippen MR) is 137 cm³/mol. The van der Waals surface area contributed by atoms with Gasteiger partial charge in [0, 0.05) is 5.92 Å². The van der Waals surface area contributed by atoms with E-state index in [0.717, 1.165) is 17.7 Å². The van der Waals surface area contributed by atoms with Gasteiger partial charge in [-0.3, -0.25) is 0 Å². The molecule has 0 spiro atoms. The predicted octanol–water partition coefficient (Wildman–Crippen LogP) is 6.89. The second-order valence-electron chi connectivity index (χ2n) is 10.3. The van der Waals surface area contributed by atoms with Crippen LogP contribution in [0.4, 0.5) is 22.4 Å². The summed E-state index contributed by atoms with van der Waals surface area (Å²) in [6, 6.07) is 9.80. The minimum Gasteiger partial charge on any atom is -0.461 e. The number of alkyl halides is 3. The van der Waals surface area contributed by atoms with Crippen LogP contribution in [0.5, 0.6) is 0 Å². The Kier molecular flexibility index (Phi) is 10.5. The standard InChI is InChI=1S/C29H35F4NO4/c1-7-22(16-20-8-12-23(13-9-20)29(31,32)33)25(17-21-10-14-24(30)15-11-21)19(3)37-26(35)18(2)34-27(36)38-28(4,5)6/h7-15,18-19,22,25H,1,16-17H2,2-6H3,(H,34,36)/t18-,19-,22+,25-/m0/s1. The summed E-state index contributed by atoms with van der Waals surface area (Å²) >= 11 is 0. The van der Waals surface area contributed by atoms with Crippen LogP contribution in [0.25, 0.3) is 0 Å². The van der Waals surface area contributed by atoms with Gasteiger partial charge >= 0.3 is 18.2 Å². The molecule has 2 rings (SSSR count). The van der Waals surface area contributed by atoms with Gasteiger partial charge in [-0.1, -0.05) is 30.3 Å². The Hall–Kier alpha value is -3.36. The van der Waals surface area contributed by atoms with E-state index in [9.17, 15) is 27.2 Å². The van der Waals surface area contributed by atoms with Crippen molar-refractivity contribution in [3.05, 3.63) is 83.7 Å². The molecule has 9 heteroatoms. The SMILES string of the molecule is C=C[C@H](Cc1ccc(C(F)(F)F)cc1)[C@@H](Cc1ccc(F)cc1)[C@H](C)OC(=O)[C@H](C)NC(=O)OC(C)(C)C. The minimum absolute atomic E-state index is 0.297. The largest absolute Gasteiger partial charge is 0.461 e. The summed E-state index contributed by atoms with van der Waals surface area (Å²) in [5.41, 5.74) is -0.0338. The lowest BCUT2D eigenvalue weighted by molar-refractivity contribution is -0.153. The molecule has 1 amide bonds. The van der Waals surface area contributed by atoms with Gasteiger partial charge < -0.3 is 14.8 Å². The average Bonchev–Trinajstić information content (AvgIpc) is 2.80. The number of nitrogens with one attached hydrogen (secondary N) is 1. The van der Waals surface area contributed by atoms with Gasteiger partial charge in [-0.25, -0.2) is 14.0 Å². The lowest BCUT2D eigenvalue weighted by atomic mass is 9.79. The fourth-order valence-electron chi connectivity index (χ4n) is 3.99. The molecular weight excluding hydrogens is 502 g/mol. The van der Waals surface area contributed by atoms with Crippen molar-refractivity contribution in [3.8, 4) is 0 Å². The Morgan fingerprint density at radius 1 is 0.947 bits per heavy atom. The van der Waals surface area contributed by atoms with Gasteiger partial charge in [0.2, 0.25) is 0 Å². The molecule has 38 heavy (non-hydrogen) atoms. The number of benzene rings is 2. The summed E-state index contributed by atoms with van der Waals surface area (Å²) in [5.74, 6) is -1.71. The zero-order chi connectivity index (χ0) is 28.7. The molecule has 0 fully saturated rings. The number of carbonyl (C=O) groups excluding carboxylic acids is 2. The summed E-state index contributed by atoms with van der Waals surface area (Å²) in [7, 11) is 0. The van der Waals surface area contributed by atoms with Gasteiger partial charge in [0.1, 0.15) is 23.6 Å². The fraction of sp³-hybridized carbons (Fsp3) is 0.448. The van der Waals surface area contributed by atoms with E-state index in [1.807, 2.05) is 0 Å². The first-order chi connectivity index (χ1) is 17.6. The molecule has 0 bridgehead atoms. The van der Waals surface area contributed by atoms with E-state index in [0.29, 0.717) is 18.4 Å². The molecule has 2 aromatic rings. The van der Waals surface area contributed by atoms with E-state index >= 15 is 0 Å². The van der Waals surface area contributed by atoms with Crippen molar-refractivity contribution >= 4 is 12.1 Å². The topological polar surface area (TPSA) is 64.6 Å². The van der Waals surface area contributed by atoms with E-state index in [1.54, 1.807) is 45.9 Å².